The van der Waals surface area contributed by atoms with E-state index >= 15 is 0 Å². The number of carboxylic acids is 1. The number of carbonyl (C=O) groups excluding carboxylic acids is 1. The van der Waals surface area contributed by atoms with Crippen LogP contribution in [0.3, 0.4) is 0 Å². The van der Waals surface area contributed by atoms with Crippen molar-refractivity contribution in [3.8, 4) is 0 Å². The van der Waals surface area contributed by atoms with Gasteiger partial charge in [0.1, 0.15) is 6.04 Å². The van der Waals surface area contributed by atoms with Crippen LogP contribution in [0.1, 0.15) is 47.0 Å². The minimum absolute atomic E-state index is 0.0557. The molecule has 0 bridgehead atoms. The van der Waals surface area contributed by atoms with E-state index in [1.54, 1.807) is 0 Å². The number of carbonyl (C=O) groups is 2. The lowest BCUT2D eigenvalue weighted by atomic mass is 10.0. The van der Waals surface area contributed by atoms with Gasteiger partial charge in [-0.3, -0.25) is 14.9 Å². The van der Waals surface area contributed by atoms with Gasteiger partial charge in [0.15, 0.2) is 0 Å². The molecule has 0 aliphatic heterocycles. The van der Waals surface area contributed by atoms with E-state index in [1.807, 2.05) is 27.7 Å². The van der Waals surface area contributed by atoms with Gasteiger partial charge in [0.05, 0.1) is 6.54 Å². The van der Waals surface area contributed by atoms with Gasteiger partial charge in [0, 0.05) is 6.04 Å². The molecule has 1 unspecified atom stereocenters. The third kappa shape index (κ3) is 7.27. The van der Waals surface area contributed by atoms with E-state index in [0.29, 0.717) is 6.42 Å². The second-order valence-corrected chi connectivity index (χ2v) is 4.98. The van der Waals surface area contributed by atoms with Crippen molar-refractivity contribution >= 4 is 11.9 Å². The quantitative estimate of drug-likeness (QED) is 0.584. The summed E-state index contributed by atoms with van der Waals surface area (Å²) in [5.74, 6) is -0.765. The first-order valence-electron chi connectivity index (χ1n) is 6.66. The standard InChI is InChI=1S/C13H26N2O3/c1-5-10(6-2)15-12(16)8-14-11(13(17)18)7-9(3)4/h9-11,14H,5-8H2,1-4H3,(H,15,16)(H,17,18). The summed E-state index contributed by atoms with van der Waals surface area (Å²) < 4.78 is 0. The fourth-order valence-corrected chi connectivity index (χ4v) is 1.73. The number of hydrogen-bond donors (Lipinski definition) is 3. The van der Waals surface area contributed by atoms with Crippen LogP contribution in [-0.2, 0) is 9.59 Å². The molecule has 0 aromatic carbocycles. The molecule has 0 aromatic heterocycles. The lowest BCUT2D eigenvalue weighted by Gasteiger charge is -2.18. The molecule has 0 spiro atoms. The number of rotatable bonds is 9. The Labute approximate surface area is 109 Å². The van der Waals surface area contributed by atoms with Crippen LogP contribution < -0.4 is 10.6 Å². The smallest absolute Gasteiger partial charge is 0.320 e. The fourth-order valence-electron chi connectivity index (χ4n) is 1.73. The molecule has 5 heteroatoms. The predicted molar refractivity (Wildman–Crippen MR) is 71.4 cm³/mol. The van der Waals surface area contributed by atoms with E-state index in [0.717, 1.165) is 12.8 Å². The Bertz CT molecular complexity index is 263. The van der Waals surface area contributed by atoms with E-state index in [2.05, 4.69) is 10.6 Å². The average molecular weight is 258 g/mol. The van der Waals surface area contributed by atoms with Gasteiger partial charge in [-0.2, -0.15) is 0 Å². The zero-order chi connectivity index (χ0) is 14.1. The Balaban J connectivity index is 4.10. The first kappa shape index (κ1) is 16.9. The SMILES string of the molecule is CCC(CC)NC(=O)CNC(CC(C)C)C(=O)O. The number of nitrogens with one attached hydrogen (secondary N) is 2. The summed E-state index contributed by atoms with van der Waals surface area (Å²) in [5, 5.41) is 14.7. The van der Waals surface area contributed by atoms with Crippen molar-refractivity contribution in [1.82, 2.24) is 10.6 Å². The van der Waals surface area contributed by atoms with Gasteiger partial charge in [0.2, 0.25) is 5.91 Å². The summed E-state index contributed by atoms with van der Waals surface area (Å²) in [7, 11) is 0. The van der Waals surface area contributed by atoms with Crippen molar-refractivity contribution in [2.75, 3.05) is 6.54 Å². The van der Waals surface area contributed by atoms with Crippen LogP contribution in [0.5, 0.6) is 0 Å². The van der Waals surface area contributed by atoms with Crippen molar-refractivity contribution in [3.05, 3.63) is 0 Å². The van der Waals surface area contributed by atoms with E-state index in [4.69, 9.17) is 5.11 Å². The first-order valence-corrected chi connectivity index (χ1v) is 6.66. The van der Waals surface area contributed by atoms with Gasteiger partial charge in [-0.1, -0.05) is 27.7 Å². The highest BCUT2D eigenvalue weighted by Crippen LogP contribution is 2.04. The largest absolute Gasteiger partial charge is 0.480 e. The summed E-state index contributed by atoms with van der Waals surface area (Å²) in [6.07, 6.45) is 2.29. The third-order valence-corrected chi connectivity index (χ3v) is 2.86. The second-order valence-electron chi connectivity index (χ2n) is 4.98. The van der Waals surface area contributed by atoms with E-state index < -0.39 is 12.0 Å². The molecule has 1 atom stereocenters. The molecule has 0 aliphatic rings. The Morgan fingerprint density at radius 1 is 1.17 bits per heavy atom. The van der Waals surface area contributed by atoms with Crippen molar-refractivity contribution in [2.24, 2.45) is 5.92 Å². The zero-order valence-corrected chi connectivity index (χ0v) is 11.8. The molecule has 3 N–H and O–H groups in total. The van der Waals surface area contributed by atoms with Crippen LogP contribution in [-0.4, -0.2) is 35.6 Å². The van der Waals surface area contributed by atoms with Gasteiger partial charge in [-0.05, 0) is 25.2 Å². The van der Waals surface area contributed by atoms with Gasteiger partial charge in [-0.15, -0.1) is 0 Å². The molecule has 0 heterocycles. The lowest BCUT2D eigenvalue weighted by Crippen LogP contribution is -2.45. The number of hydrogen-bond acceptors (Lipinski definition) is 3. The third-order valence-electron chi connectivity index (χ3n) is 2.86. The van der Waals surface area contributed by atoms with Crippen molar-refractivity contribution in [3.63, 3.8) is 0 Å². The Morgan fingerprint density at radius 3 is 2.11 bits per heavy atom. The van der Waals surface area contributed by atoms with E-state index in [1.165, 1.54) is 0 Å². The fraction of sp³-hybridized carbons (Fsp3) is 0.846. The molecule has 0 fully saturated rings. The zero-order valence-electron chi connectivity index (χ0n) is 11.8. The minimum Gasteiger partial charge on any atom is -0.480 e. The lowest BCUT2D eigenvalue weighted by molar-refractivity contribution is -0.140. The second kappa shape index (κ2) is 8.91. The molecule has 0 aliphatic carbocycles. The Hall–Kier alpha value is -1.10. The molecule has 106 valence electrons. The molecule has 5 nitrogen and oxygen atoms in total. The molecular weight excluding hydrogens is 232 g/mol. The van der Waals surface area contributed by atoms with E-state index in [-0.39, 0.29) is 24.4 Å². The molecule has 1 amide bonds. The summed E-state index contributed by atoms with van der Waals surface area (Å²) in [6.45, 7) is 8.01. The van der Waals surface area contributed by atoms with Crippen LogP contribution in [0.2, 0.25) is 0 Å². The number of amides is 1. The summed E-state index contributed by atoms with van der Waals surface area (Å²) >= 11 is 0. The van der Waals surface area contributed by atoms with Gasteiger partial charge in [0.25, 0.3) is 0 Å². The minimum atomic E-state index is -0.904. The monoisotopic (exact) mass is 258 g/mol. The summed E-state index contributed by atoms with van der Waals surface area (Å²) in [5.41, 5.74) is 0. The molecule has 0 aromatic rings. The number of aliphatic carboxylic acids is 1. The van der Waals surface area contributed by atoms with Gasteiger partial charge in [-0.25, -0.2) is 0 Å². The molecule has 18 heavy (non-hydrogen) atoms. The predicted octanol–water partition coefficient (Wildman–Crippen LogP) is 1.38. The van der Waals surface area contributed by atoms with Crippen molar-refractivity contribution in [2.45, 2.75) is 59.0 Å². The molecule has 0 radical (unpaired) electrons. The van der Waals surface area contributed by atoms with Crippen LogP contribution in [0.4, 0.5) is 0 Å². The maximum Gasteiger partial charge on any atom is 0.320 e. The van der Waals surface area contributed by atoms with Gasteiger partial charge < -0.3 is 10.4 Å². The highest BCUT2D eigenvalue weighted by Gasteiger charge is 2.19. The van der Waals surface area contributed by atoms with E-state index in [9.17, 15) is 9.59 Å². The van der Waals surface area contributed by atoms with Crippen LogP contribution >= 0.6 is 0 Å². The maximum atomic E-state index is 11.6. The normalized spacial score (nSPS) is 12.8. The Morgan fingerprint density at radius 2 is 1.72 bits per heavy atom. The molecule has 0 saturated carbocycles. The summed E-state index contributed by atoms with van der Waals surface area (Å²) in [4.78, 5) is 22.6. The average Bonchev–Trinajstić information content (AvgIpc) is 2.30. The van der Waals surface area contributed by atoms with Crippen LogP contribution in [0.15, 0.2) is 0 Å². The Kier molecular flexibility index (Phi) is 8.37. The molecular formula is C13H26N2O3. The maximum absolute atomic E-state index is 11.6. The van der Waals surface area contributed by atoms with Crippen LogP contribution in [0, 0.1) is 5.92 Å². The molecule has 0 saturated heterocycles. The molecule has 0 rings (SSSR count). The summed E-state index contributed by atoms with van der Waals surface area (Å²) in [6, 6.07) is -0.481. The highest BCUT2D eigenvalue weighted by molar-refractivity contribution is 5.80. The first-order chi connectivity index (χ1) is 8.40. The van der Waals surface area contributed by atoms with Crippen molar-refractivity contribution < 1.29 is 14.7 Å². The van der Waals surface area contributed by atoms with Gasteiger partial charge >= 0.3 is 5.97 Å². The van der Waals surface area contributed by atoms with Crippen LogP contribution in [0.25, 0.3) is 0 Å². The number of carboxylic acid groups (broad SMARTS) is 1. The topological polar surface area (TPSA) is 78.4 Å². The van der Waals surface area contributed by atoms with Crippen molar-refractivity contribution in [1.29, 1.82) is 0 Å². The highest BCUT2D eigenvalue weighted by atomic mass is 16.4.